The van der Waals surface area contributed by atoms with Gasteiger partial charge in [-0.15, -0.1) is 0 Å². The van der Waals surface area contributed by atoms with Crippen LogP contribution in [0.5, 0.6) is 0 Å². The van der Waals surface area contributed by atoms with E-state index in [9.17, 15) is 0 Å². The Morgan fingerprint density at radius 2 is 2.14 bits per heavy atom. The summed E-state index contributed by atoms with van der Waals surface area (Å²) in [7, 11) is 2.10. The van der Waals surface area contributed by atoms with Crippen LogP contribution in [-0.2, 0) is 0 Å². The van der Waals surface area contributed by atoms with Crippen molar-refractivity contribution in [1.82, 2.24) is 5.32 Å². The lowest BCUT2D eigenvalue weighted by Gasteiger charge is -2.24. The van der Waals surface area contributed by atoms with Crippen LogP contribution in [0.3, 0.4) is 0 Å². The van der Waals surface area contributed by atoms with E-state index in [-0.39, 0.29) is 0 Å². The highest BCUT2D eigenvalue weighted by atomic mass is 14.9. The van der Waals surface area contributed by atoms with E-state index in [0.29, 0.717) is 5.41 Å². The smallest absolute Gasteiger partial charge is 0.00694 e. The highest BCUT2D eigenvalue weighted by Gasteiger charge is 2.33. The van der Waals surface area contributed by atoms with Gasteiger partial charge < -0.3 is 5.32 Å². The van der Waals surface area contributed by atoms with Crippen LogP contribution in [0.2, 0.25) is 0 Å². The minimum Gasteiger partial charge on any atom is -0.317 e. The topological polar surface area (TPSA) is 12.0 Å². The van der Waals surface area contributed by atoms with E-state index in [4.69, 9.17) is 0 Å². The molecule has 0 amide bonds. The maximum Gasteiger partial charge on any atom is 0.00694 e. The Morgan fingerprint density at radius 1 is 1.43 bits per heavy atom. The summed E-state index contributed by atoms with van der Waals surface area (Å²) in [4.78, 5) is 0. The average Bonchev–Trinajstić information content (AvgIpc) is 2.47. The zero-order valence-corrected chi connectivity index (χ0v) is 10.4. The number of nitrogens with one attached hydrogen (secondary N) is 1. The zero-order chi connectivity index (χ0) is 10.6. The predicted molar refractivity (Wildman–Crippen MR) is 63.5 cm³/mol. The summed E-state index contributed by atoms with van der Waals surface area (Å²) < 4.78 is 0. The van der Waals surface area contributed by atoms with Gasteiger partial charge in [0.25, 0.3) is 0 Å². The summed E-state index contributed by atoms with van der Waals surface area (Å²) >= 11 is 0. The van der Waals surface area contributed by atoms with Crippen LogP contribution in [0.25, 0.3) is 0 Å². The van der Waals surface area contributed by atoms with Crippen molar-refractivity contribution >= 4 is 0 Å². The molecule has 2 unspecified atom stereocenters. The second-order valence-electron chi connectivity index (χ2n) is 5.83. The fourth-order valence-corrected chi connectivity index (χ4v) is 2.73. The molecule has 0 aromatic carbocycles. The summed E-state index contributed by atoms with van der Waals surface area (Å²) in [6, 6.07) is 0.791. The van der Waals surface area contributed by atoms with Gasteiger partial charge >= 0.3 is 0 Å². The van der Waals surface area contributed by atoms with E-state index < -0.39 is 0 Å². The van der Waals surface area contributed by atoms with E-state index in [2.05, 4.69) is 33.1 Å². The highest BCUT2D eigenvalue weighted by molar-refractivity contribution is 4.88. The van der Waals surface area contributed by atoms with E-state index in [0.717, 1.165) is 12.0 Å². The third-order valence-electron chi connectivity index (χ3n) is 3.81. The first-order valence-electron chi connectivity index (χ1n) is 6.23. The molecule has 0 saturated heterocycles. The molecule has 0 radical (unpaired) electrons. The summed E-state index contributed by atoms with van der Waals surface area (Å²) in [6.07, 6.45) is 8.46. The molecule has 1 fully saturated rings. The molecule has 0 aromatic heterocycles. The van der Waals surface area contributed by atoms with Crippen molar-refractivity contribution in [1.29, 1.82) is 0 Å². The van der Waals surface area contributed by atoms with Gasteiger partial charge in [-0.1, -0.05) is 33.6 Å². The van der Waals surface area contributed by atoms with Gasteiger partial charge in [0, 0.05) is 6.04 Å². The van der Waals surface area contributed by atoms with Gasteiger partial charge in [-0.2, -0.15) is 0 Å². The van der Waals surface area contributed by atoms with E-state index in [1.165, 1.54) is 38.5 Å². The molecular formula is C13H27N. The Labute approximate surface area is 89.7 Å². The van der Waals surface area contributed by atoms with Crippen molar-refractivity contribution in [2.45, 2.75) is 65.3 Å². The van der Waals surface area contributed by atoms with Crippen molar-refractivity contribution < 1.29 is 0 Å². The molecule has 0 aromatic rings. The molecule has 0 heterocycles. The first-order valence-corrected chi connectivity index (χ1v) is 6.23. The molecule has 1 aliphatic rings. The quantitative estimate of drug-likeness (QED) is 0.710. The second-order valence-corrected chi connectivity index (χ2v) is 5.83. The third kappa shape index (κ3) is 3.61. The maximum atomic E-state index is 3.42. The van der Waals surface area contributed by atoms with E-state index in [1.807, 2.05) is 0 Å². The van der Waals surface area contributed by atoms with Crippen molar-refractivity contribution in [3.63, 3.8) is 0 Å². The van der Waals surface area contributed by atoms with Crippen LogP contribution in [0.1, 0.15) is 59.3 Å². The van der Waals surface area contributed by atoms with E-state index >= 15 is 0 Å². The van der Waals surface area contributed by atoms with Crippen molar-refractivity contribution in [3.05, 3.63) is 0 Å². The number of rotatable bonds is 5. The monoisotopic (exact) mass is 197 g/mol. The molecule has 1 N–H and O–H groups in total. The van der Waals surface area contributed by atoms with Crippen molar-refractivity contribution in [2.75, 3.05) is 7.05 Å². The van der Waals surface area contributed by atoms with Crippen LogP contribution in [0.4, 0.5) is 0 Å². The molecule has 84 valence electrons. The van der Waals surface area contributed by atoms with Crippen LogP contribution in [0, 0.1) is 11.3 Å². The predicted octanol–water partition coefficient (Wildman–Crippen LogP) is 3.59. The SMILES string of the molecule is CNC1CCC(C)(CCCC(C)C)C1. The lowest BCUT2D eigenvalue weighted by molar-refractivity contribution is 0.282. The van der Waals surface area contributed by atoms with Crippen LogP contribution in [0.15, 0.2) is 0 Å². The molecule has 2 atom stereocenters. The molecule has 0 spiro atoms. The lowest BCUT2D eigenvalue weighted by atomic mass is 9.82. The Kier molecular flexibility index (Phi) is 4.43. The molecule has 0 bridgehead atoms. The van der Waals surface area contributed by atoms with Crippen LogP contribution in [-0.4, -0.2) is 13.1 Å². The van der Waals surface area contributed by atoms with Crippen LogP contribution >= 0.6 is 0 Å². The van der Waals surface area contributed by atoms with Gasteiger partial charge in [-0.3, -0.25) is 0 Å². The molecule has 14 heavy (non-hydrogen) atoms. The van der Waals surface area contributed by atoms with Gasteiger partial charge in [0.2, 0.25) is 0 Å². The number of hydrogen-bond donors (Lipinski definition) is 1. The van der Waals surface area contributed by atoms with Crippen molar-refractivity contribution in [3.8, 4) is 0 Å². The van der Waals surface area contributed by atoms with Crippen molar-refractivity contribution in [2.24, 2.45) is 11.3 Å². The van der Waals surface area contributed by atoms with Gasteiger partial charge in [0.05, 0.1) is 0 Å². The minimum atomic E-state index is 0.641. The molecule has 1 nitrogen and oxygen atoms in total. The molecule has 0 aliphatic heterocycles. The Balaban J connectivity index is 2.23. The van der Waals surface area contributed by atoms with Gasteiger partial charge in [0.1, 0.15) is 0 Å². The summed E-state index contributed by atoms with van der Waals surface area (Å²) in [5.74, 6) is 0.875. The van der Waals surface area contributed by atoms with Gasteiger partial charge in [0.15, 0.2) is 0 Å². The van der Waals surface area contributed by atoms with E-state index in [1.54, 1.807) is 0 Å². The Hall–Kier alpha value is -0.0400. The summed E-state index contributed by atoms with van der Waals surface area (Å²) in [5, 5.41) is 3.42. The minimum absolute atomic E-state index is 0.641. The Bertz CT molecular complexity index is 165. The fraction of sp³-hybridized carbons (Fsp3) is 1.00. The maximum absolute atomic E-state index is 3.42. The molecular weight excluding hydrogens is 170 g/mol. The summed E-state index contributed by atoms with van der Waals surface area (Å²) in [5.41, 5.74) is 0.641. The standard InChI is InChI=1S/C13H27N/c1-11(2)6-5-8-13(3)9-7-12(10-13)14-4/h11-12,14H,5-10H2,1-4H3. The fourth-order valence-electron chi connectivity index (χ4n) is 2.73. The number of hydrogen-bond acceptors (Lipinski definition) is 1. The first-order chi connectivity index (χ1) is 6.56. The first kappa shape index (κ1) is 12.0. The molecule has 1 aliphatic carbocycles. The third-order valence-corrected chi connectivity index (χ3v) is 3.81. The average molecular weight is 197 g/mol. The largest absolute Gasteiger partial charge is 0.317 e. The molecule has 1 rings (SSSR count). The summed E-state index contributed by atoms with van der Waals surface area (Å²) in [6.45, 7) is 7.13. The van der Waals surface area contributed by atoms with Gasteiger partial charge in [-0.25, -0.2) is 0 Å². The Morgan fingerprint density at radius 3 is 2.64 bits per heavy atom. The van der Waals surface area contributed by atoms with Crippen LogP contribution < -0.4 is 5.32 Å². The molecule has 1 heteroatoms. The highest BCUT2D eigenvalue weighted by Crippen LogP contribution is 2.41. The van der Waals surface area contributed by atoms with Gasteiger partial charge in [-0.05, 0) is 44.1 Å². The normalized spacial score (nSPS) is 32.8. The zero-order valence-electron chi connectivity index (χ0n) is 10.4. The lowest BCUT2D eigenvalue weighted by Crippen LogP contribution is -2.23. The molecule has 1 saturated carbocycles. The second kappa shape index (κ2) is 5.16.